The van der Waals surface area contributed by atoms with Crippen LogP contribution in [0.15, 0.2) is 18.2 Å². The van der Waals surface area contributed by atoms with E-state index in [1.54, 1.807) is 0 Å². The molecule has 2 aliphatic rings. The van der Waals surface area contributed by atoms with Gasteiger partial charge in [-0.1, -0.05) is 25.0 Å². The summed E-state index contributed by atoms with van der Waals surface area (Å²) >= 11 is 2.00. The average molecular weight is 411 g/mol. The van der Waals surface area contributed by atoms with E-state index >= 15 is 0 Å². The van der Waals surface area contributed by atoms with Crippen LogP contribution in [0.25, 0.3) is 0 Å². The second-order valence-electron chi connectivity index (χ2n) is 7.61. The summed E-state index contributed by atoms with van der Waals surface area (Å²) in [6, 6.07) is 6.11. The van der Waals surface area contributed by atoms with Gasteiger partial charge in [-0.15, -0.1) is 0 Å². The molecule has 1 aliphatic carbocycles. The maximum Gasteiger partial charge on any atom is 0.225 e. The van der Waals surface area contributed by atoms with Crippen LogP contribution in [-0.2, 0) is 21.2 Å². The highest BCUT2D eigenvalue weighted by molar-refractivity contribution is 7.99. The van der Waals surface area contributed by atoms with E-state index in [0.717, 1.165) is 56.6 Å². The van der Waals surface area contributed by atoms with Crippen molar-refractivity contribution in [3.63, 3.8) is 0 Å². The van der Waals surface area contributed by atoms with Crippen molar-refractivity contribution in [2.75, 3.05) is 35.7 Å². The van der Waals surface area contributed by atoms with Crippen LogP contribution in [0.2, 0.25) is 0 Å². The van der Waals surface area contributed by atoms with Crippen LogP contribution in [0, 0.1) is 6.92 Å². The maximum atomic E-state index is 12.3. The predicted molar refractivity (Wildman–Crippen MR) is 113 cm³/mol. The van der Waals surface area contributed by atoms with E-state index < -0.39 is 9.84 Å². The minimum Gasteiger partial charge on any atom is -0.326 e. The molecule has 0 aromatic heterocycles. The molecule has 1 N–H and O–H groups in total. The largest absolute Gasteiger partial charge is 0.326 e. The number of aryl methyl sites for hydroxylation is 1. The molecule has 1 aromatic carbocycles. The lowest BCUT2D eigenvalue weighted by atomic mass is 10.1. The molecule has 1 aliphatic heterocycles. The van der Waals surface area contributed by atoms with Gasteiger partial charge in [-0.3, -0.25) is 9.69 Å². The first-order chi connectivity index (χ1) is 12.9. The zero-order valence-electron chi connectivity index (χ0n) is 16.1. The van der Waals surface area contributed by atoms with Gasteiger partial charge in [0, 0.05) is 43.2 Å². The number of carbonyl (C=O) groups is 1. The number of thioether (sulfide) groups is 1. The minimum atomic E-state index is -3.15. The summed E-state index contributed by atoms with van der Waals surface area (Å²) in [4.78, 5) is 14.7. The highest BCUT2D eigenvalue weighted by Gasteiger charge is 2.28. The van der Waals surface area contributed by atoms with Crippen molar-refractivity contribution in [2.45, 2.75) is 50.8 Å². The second kappa shape index (κ2) is 9.43. The maximum absolute atomic E-state index is 12.3. The Kier molecular flexibility index (Phi) is 7.22. The molecule has 7 heteroatoms. The number of hydrogen-bond donors (Lipinski definition) is 1. The van der Waals surface area contributed by atoms with Crippen molar-refractivity contribution in [1.29, 1.82) is 0 Å². The van der Waals surface area contributed by atoms with E-state index in [4.69, 9.17) is 0 Å². The number of rotatable bonds is 7. The molecule has 1 amide bonds. The molecule has 2 fully saturated rings. The van der Waals surface area contributed by atoms with Gasteiger partial charge in [-0.2, -0.15) is 11.8 Å². The van der Waals surface area contributed by atoms with Crippen LogP contribution >= 0.6 is 11.8 Å². The van der Waals surface area contributed by atoms with Crippen molar-refractivity contribution < 1.29 is 13.2 Å². The summed E-state index contributed by atoms with van der Waals surface area (Å²) in [5.41, 5.74) is 3.04. The van der Waals surface area contributed by atoms with Gasteiger partial charge in [0.1, 0.15) is 0 Å². The Labute approximate surface area is 167 Å². The van der Waals surface area contributed by atoms with Crippen LogP contribution < -0.4 is 5.32 Å². The normalized spacial score (nSPS) is 19.3. The van der Waals surface area contributed by atoms with Gasteiger partial charge >= 0.3 is 0 Å². The second-order valence-corrected chi connectivity index (χ2v) is 11.2. The highest BCUT2D eigenvalue weighted by atomic mass is 32.2. The lowest BCUT2D eigenvalue weighted by molar-refractivity contribution is -0.115. The van der Waals surface area contributed by atoms with Crippen LogP contribution in [-0.4, -0.2) is 54.8 Å². The van der Waals surface area contributed by atoms with Gasteiger partial charge in [-0.25, -0.2) is 8.42 Å². The number of carbonyl (C=O) groups excluding carboxylic acids is 1. The summed E-state index contributed by atoms with van der Waals surface area (Å²) in [6.45, 7) is 5.17. The zero-order valence-corrected chi connectivity index (χ0v) is 17.7. The molecule has 0 radical (unpaired) electrons. The van der Waals surface area contributed by atoms with E-state index in [2.05, 4.69) is 22.3 Å². The summed E-state index contributed by atoms with van der Waals surface area (Å²) in [5, 5.41) is 2.65. The summed E-state index contributed by atoms with van der Waals surface area (Å²) in [6.07, 6.45) is 3.50. The number of nitrogens with one attached hydrogen (secondary N) is 1. The quantitative estimate of drug-likeness (QED) is 0.748. The molecule has 1 heterocycles. The van der Waals surface area contributed by atoms with Gasteiger partial charge in [0.2, 0.25) is 5.91 Å². The fourth-order valence-corrected chi connectivity index (χ4v) is 6.68. The monoisotopic (exact) mass is 410 g/mol. The van der Waals surface area contributed by atoms with Crippen molar-refractivity contribution in [1.82, 2.24) is 4.90 Å². The molecule has 150 valence electrons. The first kappa shape index (κ1) is 20.7. The van der Waals surface area contributed by atoms with E-state index in [1.165, 1.54) is 17.1 Å². The van der Waals surface area contributed by atoms with Gasteiger partial charge in [0.05, 0.1) is 11.0 Å². The minimum absolute atomic E-state index is 0.0332. The average Bonchev–Trinajstić information content (AvgIpc) is 3.19. The third-order valence-electron chi connectivity index (χ3n) is 5.50. The number of nitrogens with zero attached hydrogens (tertiary/aromatic N) is 1. The Hall–Kier alpha value is -1.05. The van der Waals surface area contributed by atoms with E-state index in [1.807, 2.05) is 24.8 Å². The Morgan fingerprint density at radius 1 is 1.22 bits per heavy atom. The molecule has 0 bridgehead atoms. The third kappa shape index (κ3) is 5.96. The van der Waals surface area contributed by atoms with Gasteiger partial charge in [-0.05, 0) is 37.0 Å². The first-order valence-electron chi connectivity index (χ1n) is 9.85. The number of sulfone groups is 1. The summed E-state index contributed by atoms with van der Waals surface area (Å²) < 4.78 is 24.6. The number of benzene rings is 1. The fraction of sp³-hybridized carbons (Fsp3) is 0.650. The molecular formula is C20H30N2O3S2. The third-order valence-corrected chi connectivity index (χ3v) is 8.70. The molecule has 5 nitrogen and oxygen atoms in total. The van der Waals surface area contributed by atoms with Crippen molar-refractivity contribution >= 4 is 33.2 Å². The molecular weight excluding hydrogens is 380 g/mol. The highest BCUT2D eigenvalue weighted by Crippen LogP contribution is 2.26. The van der Waals surface area contributed by atoms with Crippen molar-refractivity contribution in [3.05, 3.63) is 29.3 Å². The summed E-state index contributed by atoms with van der Waals surface area (Å²) in [7, 11) is -3.15. The van der Waals surface area contributed by atoms with Crippen LogP contribution in [0.5, 0.6) is 0 Å². The molecule has 0 spiro atoms. The van der Waals surface area contributed by atoms with Crippen LogP contribution in [0.4, 0.5) is 5.69 Å². The van der Waals surface area contributed by atoms with Crippen LogP contribution in [0.1, 0.15) is 43.2 Å². The molecule has 1 saturated carbocycles. The number of anilines is 1. The Morgan fingerprint density at radius 3 is 2.59 bits per heavy atom. The topological polar surface area (TPSA) is 66.5 Å². The molecule has 1 aromatic rings. The van der Waals surface area contributed by atoms with Gasteiger partial charge < -0.3 is 5.32 Å². The number of hydrogen-bond acceptors (Lipinski definition) is 5. The Balaban J connectivity index is 1.51. The standard InChI is InChI=1S/C20H30N2O3S2/c1-16-14-17(15-22-9-11-26-12-10-22)6-7-19(16)21-20(23)8-13-27(24,25)18-4-2-3-5-18/h6-7,14,18H,2-5,8-13,15H2,1H3,(H,21,23). The SMILES string of the molecule is Cc1cc(CN2CCSCC2)ccc1NC(=O)CCS(=O)(=O)C1CCCC1. The fourth-order valence-electron chi connectivity index (χ4n) is 3.84. The molecule has 0 unspecified atom stereocenters. The zero-order chi connectivity index (χ0) is 19.3. The molecule has 27 heavy (non-hydrogen) atoms. The van der Waals surface area contributed by atoms with Gasteiger partial charge in [0.25, 0.3) is 0 Å². The Morgan fingerprint density at radius 2 is 1.93 bits per heavy atom. The van der Waals surface area contributed by atoms with Crippen molar-refractivity contribution in [2.24, 2.45) is 0 Å². The smallest absolute Gasteiger partial charge is 0.225 e. The lowest BCUT2D eigenvalue weighted by Gasteiger charge is -2.26. The lowest BCUT2D eigenvalue weighted by Crippen LogP contribution is -2.31. The summed E-state index contributed by atoms with van der Waals surface area (Å²) in [5.74, 6) is 2.11. The van der Waals surface area contributed by atoms with Gasteiger partial charge in [0.15, 0.2) is 9.84 Å². The molecule has 0 atom stereocenters. The molecule has 3 rings (SSSR count). The van der Waals surface area contributed by atoms with Crippen LogP contribution in [0.3, 0.4) is 0 Å². The predicted octanol–water partition coefficient (Wildman–Crippen LogP) is 3.23. The van der Waals surface area contributed by atoms with E-state index in [9.17, 15) is 13.2 Å². The first-order valence-corrected chi connectivity index (χ1v) is 12.7. The van der Waals surface area contributed by atoms with E-state index in [0.29, 0.717) is 0 Å². The van der Waals surface area contributed by atoms with E-state index in [-0.39, 0.29) is 23.3 Å². The molecule has 1 saturated heterocycles. The van der Waals surface area contributed by atoms with Crippen molar-refractivity contribution in [3.8, 4) is 0 Å². The Bertz CT molecular complexity index is 752. The number of amides is 1.